The highest BCUT2D eigenvalue weighted by atomic mass is 16.5. The summed E-state index contributed by atoms with van der Waals surface area (Å²) in [6, 6.07) is 14.9. The van der Waals surface area contributed by atoms with Gasteiger partial charge >= 0.3 is 11.6 Å². The van der Waals surface area contributed by atoms with Crippen LogP contribution in [0.4, 0.5) is 0 Å². The number of unbranched alkanes of at least 4 members (excludes halogenated alkanes) is 5. The molecule has 0 fully saturated rings. The summed E-state index contributed by atoms with van der Waals surface area (Å²) < 4.78 is 16.1. The molecule has 2 aromatic heterocycles. The van der Waals surface area contributed by atoms with Gasteiger partial charge in [0.1, 0.15) is 0 Å². The Morgan fingerprint density at radius 1 is 0.968 bits per heavy atom. The fourth-order valence-electron chi connectivity index (χ4n) is 3.20. The van der Waals surface area contributed by atoms with Crippen molar-refractivity contribution in [2.75, 3.05) is 13.2 Å². The Morgan fingerprint density at radius 2 is 1.68 bits per heavy atom. The molecule has 0 saturated heterocycles. The van der Waals surface area contributed by atoms with Crippen molar-refractivity contribution in [3.05, 3.63) is 71.6 Å². The van der Waals surface area contributed by atoms with Crippen molar-refractivity contribution in [3.8, 4) is 17.0 Å². The second-order valence-corrected chi connectivity index (χ2v) is 7.20. The zero-order valence-electron chi connectivity index (χ0n) is 17.5. The molecular weight excluding hydrogens is 394 g/mol. The van der Waals surface area contributed by atoms with E-state index >= 15 is 0 Å². The van der Waals surface area contributed by atoms with Crippen LogP contribution < -0.4 is 10.4 Å². The number of fused-ring (bicyclic) bond motifs is 1. The van der Waals surface area contributed by atoms with Crippen molar-refractivity contribution in [2.45, 2.75) is 38.5 Å². The van der Waals surface area contributed by atoms with Crippen LogP contribution in [0.5, 0.6) is 5.88 Å². The Morgan fingerprint density at radius 3 is 2.42 bits per heavy atom. The first kappa shape index (κ1) is 22.3. The number of ether oxygens (including phenoxy) is 2. The van der Waals surface area contributed by atoms with Crippen LogP contribution >= 0.6 is 0 Å². The molecule has 0 radical (unpaired) electrons. The SMILES string of the molecule is C=CC(=O)OCCCCCCCCOc1ccc2cc(-c3ccccc3)c(=O)oc2n1. The number of aromatic nitrogens is 1. The molecule has 0 amide bonds. The van der Waals surface area contributed by atoms with E-state index in [-0.39, 0.29) is 11.7 Å². The van der Waals surface area contributed by atoms with E-state index < -0.39 is 5.63 Å². The summed E-state index contributed by atoms with van der Waals surface area (Å²) in [5.41, 5.74) is 1.20. The van der Waals surface area contributed by atoms with Gasteiger partial charge in [-0.3, -0.25) is 0 Å². The van der Waals surface area contributed by atoms with E-state index in [9.17, 15) is 9.59 Å². The van der Waals surface area contributed by atoms with Gasteiger partial charge in [-0.15, -0.1) is 0 Å². The predicted octanol–water partition coefficient (Wildman–Crippen LogP) is 5.30. The molecule has 162 valence electrons. The van der Waals surface area contributed by atoms with Gasteiger partial charge in [-0.05, 0) is 30.5 Å². The average Bonchev–Trinajstić information content (AvgIpc) is 2.80. The number of carbonyl (C=O) groups is 1. The topological polar surface area (TPSA) is 78.6 Å². The highest BCUT2D eigenvalue weighted by Gasteiger charge is 2.09. The molecule has 1 aromatic carbocycles. The maximum atomic E-state index is 12.3. The summed E-state index contributed by atoms with van der Waals surface area (Å²) in [5.74, 6) is 0.0857. The maximum Gasteiger partial charge on any atom is 0.345 e. The van der Waals surface area contributed by atoms with Crippen LogP contribution in [-0.2, 0) is 9.53 Å². The summed E-state index contributed by atoms with van der Waals surface area (Å²) in [4.78, 5) is 27.6. The summed E-state index contributed by atoms with van der Waals surface area (Å²) in [5, 5.41) is 0.754. The summed E-state index contributed by atoms with van der Waals surface area (Å²) in [6.45, 7) is 4.37. The Bertz CT molecular complexity index is 1060. The number of nitrogens with zero attached hydrogens (tertiary/aromatic N) is 1. The number of hydrogen-bond donors (Lipinski definition) is 0. The lowest BCUT2D eigenvalue weighted by molar-refractivity contribution is -0.137. The second kappa shape index (κ2) is 11.7. The van der Waals surface area contributed by atoms with Crippen molar-refractivity contribution in [1.29, 1.82) is 0 Å². The molecule has 0 aliphatic heterocycles. The second-order valence-electron chi connectivity index (χ2n) is 7.20. The van der Waals surface area contributed by atoms with E-state index in [2.05, 4.69) is 11.6 Å². The third-order valence-corrected chi connectivity index (χ3v) is 4.86. The van der Waals surface area contributed by atoms with E-state index in [0.717, 1.165) is 49.5 Å². The number of pyridine rings is 1. The lowest BCUT2D eigenvalue weighted by atomic mass is 10.1. The Labute approximate surface area is 181 Å². The molecular formula is C25H27NO5. The third kappa shape index (κ3) is 6.81. The average molecular weight is 421 g/mol. The largest absolute Gasteiger partial charge is 0.478 e. The smallest absolute Gasteiger partial charge is 0.345 e. The van der Waals surface area contributed by atoms with E-state index in [4.69, 9.17) is 13.9 Å². The first-order valence-corrected chi connectivity index (χ1v) is 10.6. The highest BCUT2D eigenvalue weighted by Crippen LogP contribution is 2.22. The molecule has 0 atom stereocenters. The van der Waals surface area contributed by atoms with Gasteiger partial charge < -0.3 is 13.9 Å². The number of hydrogen-bond acceptors (Lipinski definition) is 6. The predicted molar refractivity (Wildman–Crippen MR) is 120 cm³/mol. The quantitative estimate of drug-likeness (QED) is 0.224. The number of rotatable bonds is 12. The van der Waals surface area contributed by atoms with E-state index in [1.807, 2.05) is 36.4 Å². The molecule has 0 aliphatic rings. The minimum Gasteiger partial charge on any atom is -0.478 e. The zero-order valence-corrected chi connectivity index (χ0v) is 17.5. The minimum atomic E-state index is -0.414. The van der Waals surface area contributed by atoms with Gasteiger partial charge in [0.25, 0.3) is 0 Å². The first-order valence-electron chi connectivity index (χ1n) is 10.6. The van der Waals surface area contributed by atoms with Crippen molar-refractivity contribution >= 4 is 17.1 Å². The Balaban J connectivity index is 1.41. The molecule has 0 aliphatic carbocycles. The molecule has 0 N–H and O–H groups in total. The van der Waals surface area contributed by atoms with Crippen molar-refractivity contribution < 1.29 is 18.7 Å². The van der Waals surface area contributed by atoms with Crippen LogP contribution in [0.15, 0.2) is 70.4 Å². The van der Waals surface area contributed by atoms with Gasteiger partial charge in [-0.2, -0.15) is 4.98 Å². The van der Waals surface area contributed by atoms with Crippen LogP contribution in [0.3, 0.4) is 0 Å². The summed E-state index contributed by atoms with van der Waals surface area (Å²) in [7, 11) is 0. The molecule has 6 heteroatoms. The van der Waals surface area contributed by atoms with Gasteiger partial charge in [0.2, 0.25) is 11.6 Å². The highest BCUT2D eigenvalue weighted by molar-refractivity contribution is 5.81. The summed E-state index contributed by atoms with van der Waals surface area (Å²) >= 11 is 0. The minimum absolute atomic E-state index is 0.277. The normalized spacial score (nSPS) is 10.7. The van der Waals surface area contributed by atoms with Gasteiger partial charge in [-0.1, -0.05) is 62.6 Å². The molecule has 6 nitrogen and oxygen atoms in total. The molecule has 0 unspecified atom stereocenters. The van der Waals surface area contributed by atoms with E-state index in [0.29, 0.717) is 24.7 Å². The molecule has 3 rings (SSSR count). The van der Waals surface area contributed by atoms with Crippen molar-refractivity contribution in [2.24, 2.45) is 0 Å². The zero-order chi connectivity index (χ0) is 21.9. The van der Waals surface area contributed by atoms with Gasteiger partial charge in [-0.25, -0.2) is 9.59 Å². The molecule has 0 spiro atoms. The fourth-order valence-corrected chi connectivity index (χ4v) is 3.20. The van der Waals surface area contributed by atoms with E-state index in [1.165, 1.54) is 6.08 Å². The molecule has 31 heavy (non-hydrogen) atoms. The van der Waals surface area contributed by atoms with Gasteiger partial charge in [0.15, 0.2) is 0 Å². The van der Waals surface area contributed by atoms with Crippen LogP contribution in [0, 0.1) is 0 Å². The monoisotopic (exact) mass is 421 g/mol. The molecule has 0 saturated carbocycles. The van der Waals surface area contributed by atoms with Crippen LogP contribution in [0.25, 0.3) is 22.2 Å². The van der Waals surface area contributed by atoms with E-state index in [1.54, 1.807) is 12.1 Å². The fraction of sp³-hybridized carbons (Fsp3) is 0.320. The summed E-state index contributed by atoms with van der Waals surface area (Å²) in [6.07, 6.45) is 7.24. The lowest BCUT2D eigenvalue weighted by Gasteiger charge is -2.07. The first-order chi connectivity index (χ1) is 15.2. The maximum absolute atomic E-state index is 12.3. The Kier molecular flexibility index (Phi) is 8.40. The van der Waals surface area contributed by atoms with Crippen LogP contribution in [0.1, 0.15) is 38.5 Å². The lowest BCUT2D eigenvalue weighted by Crippen LogP contribution is -2.04. The van der Waals surface area contributed by atoms with Crippen LogP contribution in [0.2, 0.25) is 0 Å². The van der Waals surface area contributed by atoms with Crippen LogP contribution in [-0.4, -0.2) is 24.2 Å². The number of carbonyl (C=O) groups excluding carboxylic acids is 1. The molecule has 3 aromatic rings. The van der Waals surface area contributed by atoms with Gasteiger partial charge in [0.05, 0.1) is 18.8 Å². The van der Waals surface area contributed by atoms with Crippen molar-refractivity contribution in [1.82, 2.24) is 4.98 Å². The number of benzene rings is 1. The molecule has 2 heterocycles. The Hall–Kier alpha value is -3.41. The third-order valence-electron chi connectivity index (χ3n) is 4.86. The molecule has 0 bridgehead atoms. The standard InChI is InChI=1S/C25H27NO5/c1-2-23(27)30-17-11-6-4-3-5-10-16-29-22-15-14-20-18-21(19-12-8-7-9-13-19)25(28)31-24(20)26-22/h2,7-9,12-15,18H,1,3-6,10-11,16-17H2. The number of esters is 1. The van der Waals surface area contributed by atoms with Gasteiger partial charge in [0, 0.05) is 17.5 Å². The van der Waals surface area contributed by atoms with Crippen molar-refractivity contribution in [3.63, 3.8) is 0 Å².